The summed E-state index contributed by atoms with van der Waals surface area (Å²) in [6.07, 6.45) is 0.194. The summed E-state index contributed by atoms with van der Waals surface area (Å²) in [5.74, 6) is -0.998. The Bertz CT molecular complexity index is 1660. The van der Waals surface area contributed by atoms with E-state index in [1.807, 2.05) is 30.3 Å². The number of halogens is 3. The predicted octanol–water partition coefficient (Wildman–Crippen LogP) is 6.34. The van der Waals surface area contributed by atoms with Gasteiger partial charge in [-0.15, -0.1) is 0 Å². The third-order valence-electron chi connectivity index (χ3n) is 6.58. The van der Waals surface area contributed by atoms with Crippen molar-refractivity contribution >= 4 is 66.7 Å². The molecule has 1 unspecified atom stereocenters. The smallest absolute Gasteiger partial charge is 0.264 e. The van der Waals surface area contributed by atoms with Crippen LogP contribution in [0.4, 0.5) is 5.69 Å². The summed E-state index contributed by atoms with van der Waals surface area (Å²) in [4.78, 5) is 29.0. The van der Waals surface area contributed by atoms with E-state index in [2.05, 4.69) is 21.2 Å². The minimum absolute atomic E-state index is 0.0252. The minimum atomic E-state index is -4.18. The molecular weight excluding hydrogens is 661 g/mol. The van der Waals surface area contributed by atoms with Crippen molar-refractivity contribution in [3.63, 3.8) is 0 Å². The van der Waals surface area contributed by atoms with Gasteiger partial charge in [0.05, 0.1) is 10.6 Å². The van der Waals surface area contributed by atoms with E-state index in [1.165, 1.54) is 24.1 Å². The van der Waals surface area contributed by atoms with E-state index >= 15 is 0 Å². The summed E-state index contributed by atoms with van der Waals surface area (Å²) in [7, 11) is -2.68. The molecule has 42 heavy (non-hydrogen) atoms. The van der Waals surface area contributed by atoms with Crippen molar-refractivity contribution in [2.75, 3.05) is 17.9 Å². The number of carbonyl (C=O) groups excluding carboxylic acids is 2. The summed E-state index contributed by atoms with van der Waals surface area (Å²) in [5.41, 5.74) is 1.66. The van der Waals surface area contributed by atoms with Crippen molar-refractivity contribution in [3.05, 3.63) is 129 Å². The zero-order valence-corrected chi connectivity index (χ0v) is 26.5. The maximum absolute atomic E-state index is 14.3. The summed E-state index contributed by atoms with van der Waals surface area (Å²) < 4.78 is 29.5. The van der Waals surface area contributed by atoms with E-state index in [1.54, 1.807) is 60.7 Å². The van der Waals surface area contributed by atoms with Gasteiger partial charge < -0.3 is 10.2 Å². The molecule has 1 N–H and O–H groups in total. The molecule has 0 bridgehead atoms. The van der Waals surface area contributed by atoms with Crippen molar-refractivity contribution in [3.8, 4) is 0 Å². The van der Waals surface area contributed by atoms with Gasteiger partial charge in [-0.25, -0.2) is 8.42 Å². The molecule has 4 aromatic carbocycles. The number of amides is 2. The normalized spacial score (nSPS) is 11.9. The van der Waals surface area contributed by atoms with E-state index in [0.29, 0.717) is 20.1 Å². The van der Waals surface area contributed by atoms with Crippen molar-refractivity contribution < 1.29 is 18.0 Å². The number of nitrogens with zero attached hydrogens (tertiary/aromatic N) is 2. The van der Waals surface area contributed by atoms with Crippen LogP contribution in [0.5, 0.6) is 0 Å². The van der Waals surface area contributed by atoms with Gasteiger partial charge in [-0.3, -0.25) is 13.9 Å². The molecule has 0 saturated heterocycles. The molecule has 2 amide bonds. The van der Waals surface area contributed by atoms with Crippen molar-refractivity contribution in [2.45, 2.75) is 23.9 Å². The van der Waals surface area contributed by atoms with E-state index in [0.717, 1.165) is 9.87 Å². The van der Waals surface area contributed by atoms with Crippen molar-refractivity contribution in [1.29, 1.82) is 0 Å². The number of nitrogens with one attached hydrogen (secondary N) is 1. The van der Waals surface area contributed by atoms with Crippen LogP contribution >= 0.6 is 39.1 Å². The molecule has 0 fully saturated rings. The van der Waals surface area contributed by atoms with E-state index in [-0.39, 0.29) is 23.5 Å². The van der Waals surface area contributed by atoms with Gasteiger partial charge in [0.15, 0.2) is 0 Å². The van der Waals surface area contributed by atoms with Crippen molar-refractivity contribution in [2.24, 2.45) is 0 Å². The van der Waals surface area contributed by atoms with Crippen LogP contribution in [0.2, 0.25) is 10.0 Å². The molecule has 0 aliphatic carbocycles. The van der Waals surface area contributed by atoms with Gasteiger partial charge in [0.1, 0.15) is 12.6 Å². The highest BCUT2D eigenvalue weighted by molar-refractivity contribution is 9.10. The fourth-order valence-electron chi connectivity index (χ4n) is 4.43. The zero-order valence-electron chi connectivity index (χ0n) is 22.6. The number of sulfonamides is 1. The first kappa shape index (κ1) is 31.6. The van der Waals surface area contributed by atoms with Gasteiger partial charge in [0, 0.05) is 34.5 Å². The van der Waals surface area contributed by atoms with Crippen LogP contribution in [0.3, 0.4) is 0 Å². The Labute approximate surface area is 264 Å². The lowest BCUT2D eigenvalue weighted by molar-refractivity contribution is -0.139. The number of benzene rings is 4. The quantitative estimate of drug-likeness (QED) is 0.199. The lowest BCUT2D eigenvalue weighted by Gasteiger charge is -2.33. The number of likely N-dealkylation sites (N-methyl/N-ethyl adjacent to an activating group) is 1. The van der Waals surface area contributed by atoms with Crippen LogP contribution in [0.25, 0.3) is 0 Å². The van der Waals surface area contributed by atoms with Gasteiger partial charge in [-0.2, -0.15) is 0 Å². The number of anilines is 1. The van der Waals surface area contributed by atoms with Crippen molar-refractivity contribution in [1.82, 2.24) is 10.2 Å². The second-order valence-corrected chi connectivity index (χ2v) is 13.0. The van der Waals surface area contributed by atoms with Crippen LogP contribution in [-0.2, 0) is 32.6 Å². The fourth-order valence-corrected chi connectivity index (χ4v) is 6.72. The third kappa shape index (κ3) is 7.72. The molecule has 0 aliphatic heterocycles. The molecule has 0 spiro atoms. The first-order chi connectivity index (χ1) is 20.1. The van der Waals surface area contributed by atoms with Crippen LogP contribution in [0.1, 0.15) is 11.1 Å². The highest BCUT2D eigenvalue weighted by atomic mass is 79.9. The molecule has 0 aromatic heterocycles. The van der Waals surface area contributed by atoms with E-state index in [4.69, 9.17) is 23.2 Å². The lowest BCUT2D eigenvalue weighted by Crippen LogP contribution is -2.53. The van der Waals surface area contributed by atoms with E-state index in [9.17, 15) is 18.0 Å². The Morgan fingerprint density at radius 1 is 0.881 bits per heavy atom. The Morgan fingerprint density at radius 2 is 1.55 bits per heavy atom. The molecule has 7 nitrogen and oxygen atoms in total. The zero-order chi connectivity index (χ0) is 30.3. The van der Waals surface area contributed by atoms with Gasteiger partial charge >= 0.3 is 0 Å². The average molecular weight is 689 g/mol. The standard InChI is InChI=1S/C31H28BrCl2N3O4S/c1-35-31(39)29(17-22-9-4-2-5-10-22)36(20-23-15-16-25(33)19-28(23)34)30(38)21-37(26-12-8-11-24(32)18-26)42(40,41)27-13-6-3-7-14-27/h2-16,18-19,29H,17,20-21H2,1H3,(H,35,39). The maximum atomic E-state index is 14.3. The fraction of sp³-hybridized carbons (Fsp3) is 0.161. The Hall–Kier alpha value is -3.37. The molecule has 0 saturated carbocycles. The molecule has 0 radical (unpaired) electrons. The lowest BCUT2D eigenvalue weighted by atomic mass is 10.0. The summed E-state index contributed by atoms with van der Waals surface area (Å²) >= 11 is 16.0. The first-order valence-corrected chi connectivity index (χ1v) is 15.9. The van der Waals surface area contributed by atoms with Crippen LogP contribution in [-0.4, -0.2) is 44.8 Å². The Morgan fingerprint density at radius 3 is 2.17 bits per heavy atom. The molecule has 11 heteroatoms. The summed E-state index contributed by atoms with van der Waals surface area (Å²) in [5, 5.41) is 3.39. The molecular formula is C31H28BrCl2N3O4S. The molecule has 0 heterocycles. The topological polar surface area (TPSA) is 86.8 Å². The van der Waals surface area contributed by atoms with Gasteiger partial charge in [-0.05, 0) is 53.6 Å². The molecule has 218 valence electrons. The molecule has 4 rings (SSSR count). The second-order valence-electron chi connectivity index (χ2n) is 9.38. The monoisotopic (exact) mass is 687 g/mol. The van der Waals surface area contributed by atoms with Crippen LogP contribution in [0, 0.1) is 0 Å². The Kier molecular flexibility index (Phi) is 10.7. The van der Waals surface area contributed by atoms with E-state index < -0.39 is 34.4 Å². The predicted molar refractivity (Wildman–Crippen MR) is 170 cm³/mol. The second kappa shape index (κ2) is 14.2. The molecule has 4 aromatic rings. The Balaban J connectivity index is 1.80. The third-order valence-corrected chi connectivity index (χ3v) is 9.45. The van der Waals surface area contributed by atoms with Gasteiger partial charge in [0.25, 0.3) is 10.0 Å². The average Bonchev–Trinajstić information content (AvgIpc) is 2.99. The molecule has 1 atom stereocenters. The van der Waals surface area contributed by atoms with Crippen LogP contribution < -0.4 is 9.62 Å². The first-order valence-electron chi connectivity index (χ1n) is 12.9. The summed E-state index contributed by atoms with van der Waals surface area (Å²) in [6.45, 7) is -0.626. The number of carbonyl (C=O) groups is 2. The van der Waals surface area contributed by atoms with Gasteiger partial charge in [-0.1, -0.05) is 99.8 Å². The molecule has 0 aliphatic rings. The summed E-state index contributed by atoms with van der Waals surface area (Å²) in [6, 6.07) is 27.7. The highest BCUT2D eigenvalue weighted by Crippen LogP contribution is 2.28. The SMILES string of the molecule is CNC(=O)C(Cc1ccccc1)N(Cc1ccc(Cl)cc1Cl)C(=O)CN(c1cccc(Br)c1)S(=O)(=O)c1ccccc1. The minimum Gasteiger partial charge on any atom is -0.357 e. The largest absolute Gasteiger partial charge is 0.357 e. The van der Waals surface area contributed by atoms with Gasteiger partial charge in [0.2, 0.25) is 11.8 Å². The number of hydrogen-bond acceptors (Lipinski definition) is 4. The number of rotatable bonds is 11. The maximum Gasteiger partial charge on any atom is 0.264 e. The van der Waals surface area contributed by atoms with Crippen LogP contribution in [0.15, 0.2) is 112 Å². The number of hydrogen-bond donors (Lipinski definition) is 1. The highest BCUT2D eigenvalue weighted by Gasteiger charge is 2.34.